The zero-order valence-corrected chi connectivity index (χ0v) is 16.4. The Labute approximate surface area is 171 Å². The van der Waals surface area contributed by atoms with Crippen molar-refractivity contribution in [1.29, 1.82) is 0 Å². The number of amides is 1. The lowest BCUT2D eigenvalue weighted by molar-refractivity contribution is 0.0919. The first-order valence-electron chi connectivity index (χ1n) is 9.09. The van der Waals surface area contributed by atoms with Crippen LogP contribution in [0.2, 0.25) is 0 Å². The topological polar surface area (TPSA) is 113 Å². The van der Waals surface area contributed by atoms with Gasteiger partial charge in [0.15, 0.2) is 17.2 Å². The van der Waals surface area contributed by atoms with Gasteiger partial charge in [0.05, 0.1) is 32.6 Å². The zero-order valence-electron chi connectivity index (χ0n) is 16.4. The summed E-state index contributed by atoms with van der Waals surface area (Å²) in [5.74, 6) is 2.05. The maximum atomic E-state index is 11.8. The van der Waals surface area contributed by atoms with E-state index in [1.807, 2.05) is 6.07 Å². The molecule has 1 amide bonds. The highest BCUT2D eigenvalue weighted by Gasteiger charge is 2.16. The molecule has 0 spiro atoms. The Bertz CT molecular complexity index is 1160. The van der Waals surface area contributed by atoms with Crippen molar-refractivity contribution in [2.75, 3.05) is 27.4 Å². The van der Waals surface area contributed by atoms with Gasteiger partial charge in [0.1, 0.15) is 18.1 Å². The number of aromatic nitrogens is 4. The largest absolute Gasteiger partial charge is 0.497 e. The number of nitrogens with zero attached hydrogens (tertiary/aromatic N) is 4. The molecule has 154 valence electrons. The lowest BCUT2D eigenvalue weighted by Gasteiger charge is -2.09. The van der Waals surface area contributed by atoms with Gasteiger partial charge in [-0.1, -0.05) is 0 Å². The van der Waals surface area contributed by atoms with Gasteiger partial charge in [-0.05, 0) is 30.3 Å². The average Bonchev–Trinajstić information content (AvgIpc) is 3.46. The number of furan rings is 1. The number of hydrogen-bond donors (Lipinski definition) is 1. The van der Waals surface area contributed by atoms with Gasteiger partial charge in [-0.2, -0.15) is 4.52 Å². The Morgan fingerprint density at radius 1 is 1.13 bits per heavy atom. The number of carbonyl (C=O) groups is 1. The number of nitrogens with one attached hydrogen (secondary N) is 1. The maximum Gasteiger partial charge on any atom is 0.287 e. The minimum atomic E-state index is -0.306. The number of rotatable bonds is 8. The summed E-state index contributed by atoms with van der Waals surface area (Å²) in [6, 6.07) is 12.1. The van der Waals surface area contributed by atoms with Gasteiger partial charge in [-0.15, -0.1) is 15.3 Å². The van der Waals surface area contributed by atoms with Crippen molar-refractivity contribution in [3.05, 3.63) is 54.5 Å². The first-order chi connectivity index (χ1) is 14.7. The first kappa shape index (κ1) is 19.2. The third-order valence-electron chi connectivity index (χ3n) is 4.27. The molecule has 0 atom stereocenters. The Balaban J connectivity index is 1.49. The Hall–Kier alpha value is -4.08. The molecule has 0 radical (unpaired) electrons. The molecule has 1 N–H and O–H groups in total. The van der Waals surface area contributed by atoms with Crippen LogP contribution in [0.5, 0.6) is 17.4 Å². The lowest BCUT2D eigenvalue weighted by atomic mass is 10.2. The summed E-state index contributed by atoms with van der Waals surface area (Å²) in [6.45, 7) is 0.523. The standard InChI is InChI=1S/C20H19N5O5/c1-27-13-5-6-14(16(12-13)28-2)19-23-22-17-7-8-18(24-25(17)19)30-11-9-21-20(26)15-4-3-10-29-15/h3-8,10,12H,9,11H2,1-2H3,(H,21,26). The van der Waals surface area contributed by atoms with Gasteiger partial charge in [0.25, 0.3) is 5.91 Å². The number of hydrogen-bond acceptors (Lipinski definition) is 8. The molecule has 3 heterocycles. The minimum absolute atomic E-state index is 0.230. The van der Waals surface area contributed by atoms with Gasteiger partial charge >= 0.3 is 0 Å². The Kier molecular flexibility index (Phi) is 5.46. The third kappa shape index (κ3) is 3.88. The molecule has 10 heteroatoms. The molecule has 1 aromatic carbocycles. The van der Waals surface area contributed by atoms with Crippen molar-refractivity contribution >= 4 is 11.6 Å². The SMILES string of the molecule is COc1ccc(-c2nnc3ccc(OCCNC(=O)c4ccco4)nn23)c(OC)c1. The summed E-state index contributed by atoms with van der Waals surface area (Å²) in [6.07, 6.45) is 1.44. The summed E-state index contributed by atoms with van der Waals surface area (Å²) in [4.78, 5) is 11.8. The molecule has 0 saturated carbocycles. The molecule has 0 unspecified atom stereocenters. The van der Waals surface area contributed by atoms with Crippen molar-refractivity contribution in [3.63, 3.8) is 0 Å². The smallest absolute Gasteiger partial charge is 0.287 e. The van der Waals surface area contributed by atoms with Crippen LogP contribution in [0, 0.1) is 0 Å². The second-order valence-electron chi connectivity index (χ2n) is 6.11. The van der Waals surface area contributed by atoms with Crippen LogP contribution in [-0.4, -0.2) is 53.1 Å². The van der Waals surface area contributed by atoms with E-state index in [2.05, 4.69) is 20.6 Å². The molecule has 4 rings (SSSR count). The quantitative estimate of drug-likeness (QED) is 0.441. The number of benzene rings is 1. The molecule has 3 aromatic heterocycles. The number of ether oxygens (including phenoxy) is 3. The van der Waals surface area contributed by atoms with Crippen LogP contribution >= 0.6 is 0 Å². The van der Waals surface area contributed by atoms with Crippen LogP contribution in [0.15, 0.2) is 53.1 Å². The van der Waals surface area contributed by atoms with Crippen LogP contribution in [0.25, 0.3) is 17.0 Å². The van der Waals surface area contributed by atoms with E-state index in [1.54, 1.807) is 55.1 Å². The first-order valence-corrected chi connectivity index (χ1v) is 9.09. The molecule has 0 saturated heterocycles. The van der Waals surface area contributed by atoms with Gasteiger partial charge in [-0.3, -0.25) is 4.79 Å². The number of fused-ring (bicyclic) bond motifs is 1. The van der Waals surface area contributed by atoms with Gasteiger partial charge in [0, 0.05) is 12.1 Å². The highest BCUT2D eigenvalue weighted by molar-refractivity contribution is 5.91. The van der Waals surface area contributed by atoms with E-state index < -0.39 is 0 Å². The Morgan fingerprint density at radius 3 is 2.80 bits per heavy atom. The minimum Gasteiger partial charge on any atom is -0.497 e. The van der Waals surface area contributed by atoms with E-state index in [1.165, 1.54) is 6.26 Å². The summed E-state index contributed by atoms with van der Waals surface area (Å²) in [5.41, 5.74) is 1.27. The summed E-state index contributed by atoms with van der Waals surface area (Å²) < 4.78 is 23.0. The van der Waals surface area contributed by atoms with E-state index in [0.29, 0.717) is 41.0 Å². The van der Waals surface area contributed by atoms with Crippen LogP contribution in [0.3, 0.4) is 0 Å². The van der Waals surface area contributed by atoms with E-state index in [-0.39, 0.29) is 18.3 Å². The van der Waals surface area contributed by atoms with Crippen molar-refractivity contribution in [1.82, 2.24) is 25.1 Å². The molecule has 30 heavy (non-hydrogen) atoms. The van der Waals surface area contributed by atoms with E-state index in [4.69, 9.17) is 18.6 Å². The van der Waals surface area contributed by atoms with Crippen molar-refractivity contribution < 1.29 is 23.4 Å². The molecule has 0 aliphatic heterocycles. The molecular weight excluding hydrogens is 390 g/mol. The van der Waals surface area contributed by atoms with Gasteiger partial charge in [-0.25, -0.2) is 0 Å². The predicted molar refractivity (Wildman–Crippen MR) is 106 cm³/mol. The summed E-state index contributed by atoms with van der Waals surface area (Å²) in [5, 5.41) is 15.5. The van der Waals surface area contributed by atoms with Crippen molar-refractivity contribution in [2.24, 2.45) is 0 Å². The fourth-order valence-corrected chi connectivity index (χ4v) is 2.82. The molecule has 0 aliphatic carbocycles. The summed E-state index contributed by atoms with van der Waals surface area (Å²) in [7, 11) is 3.16. The van der Waals surface area contributed by atoms with E-state index in [0.717, 1.165) is 0 Å². The molecule has 4 aromatic rings. The van der Waals surface area contributed by atoms with E-state index in [9.17, 15) is 4.79 Å². The maximum absolute atomic E-state index is 11.8. The normalized spacial score (nSPS) is 10.7. The third-order valence-corrected chi connectivity index (χ3v) is 4.27. The molecule has 10 nitrogen and oxygen atoms in total. The fourth-order valence-electron chi connectivity index (χ4n) is 2.82. The van der Waals surface area contributed by atoms with Crippen molar-refractivity contribution in [2.45, 2.75) is 0 Å². The van der Waals surface area contributed by atoms with Crippen LogP contribution < -0.4 is 19.5 Å². The van der Waals surface area contributed by atoms with Gasteiger partial charge < -0.3 is 23.9 Å². The van der Waals surface area contributed by atoms with Crippen LogP contribution in [0.1, 0.15) is 10.6 Å². The lowest BCUT2D eigenvalue weighted by Crippen LogP contribution is -2.27. The van der Waals surface area contributed by atoms with E-state index >= 15 is 0 Å². The monoisotopic (exact) mass is 409 g/mol. The molecule has 0 fully saturated rings. The second kappa shape index (κ2) is 8.52. The van der Waals surface area contributed by atoms with Crippen LogP contribution in [0.4, 0.5) is 0 Å². The average molecular weight is 409 g/mol. The predicted octanol–water partition coefficient (Wildman–Crippen LogP) is 2.21. The van der Waals surface area contributed by atoms with Crippen molar-refractivity contribution in [3.8, 4) is 28.8 Å². The number of carbonyl (C=O) groups excluding carboxylic acids is 1. The second-order valence-corrected chi connectivity index (χ2v) is 6.11. The summed E-state index contributed by atoms with van der Waals surface area (Å²) >= 11 is 0. The highest BCUT2D eigenvalue weighted by Crippen LogP contribution is 2.32. The zero-order chi connectivity index (χ0) is 20.9. The van der Waals surface area contributed by atoms with Gasteiger partial charge in [0.2, 0.25) is 5.88 Å². The molecule has 0 bridgehead atoms. The Morgan fingerprint density at radius 2 is 2.03 bits per heavy atom. The highest BCUT2D eigenvalue weighted by atomic mass is 16.5. The van der Waals surface area contributed by atoms with Crippen LogP contribution in [-0.2, 0) is 0 Å². The fraction of sp³-hybridized carbons (Fsp3) is 0.200. The number of methoxy groups -OCH3 is 2. The molecular formula is C20H19N5O5. The molecule has 0 aliphatic rings.